The molecule has 470 valence electrons. The van der Waals surface area contributed by atoms with Crippen molar-refractivity contribution in [2.45, 2.75) is 195 Å². The summed E-state index contributed by atoms with van der Waals surface area (Å²) in [7, 11) is 13.8. The fourth-order valence-electron chi connectivity index (χ4n) is 10.5. The molecule has 0 aromatic heterocycles. The Kier molecular flexibility index (Phi) is 29.2. The Hall–Kier alpha value is -6.32. The van der Waals surface area contributed by atoms with Crippen LogP contribution < -0.4 is 20.7 Å². The third kappa shape index (κ3) is 19.9. The van der Waals surface area contributed by atoms with Gasteiger partial charge in [-0.25, -0.2) is 0 Å². The van der Waals surface area contributed by atoms with E-state index < -0.39 is 131 Å². The van der Waals surface area contributed by atoms with Gasteiger partial charge in [0.1, 0.15) is 60.1 Å². The average Bonchev–Trinajstić information content (AvgIpc) is 3.42. The number of carbonyl (C=O) groups excluding carboxylic acids is 10. The van der Waals surface area contributed by atoms with Crippen LogP contribution in [0, 0.1) is 29.6 Å². The Labute approximate surface area is 495 Å². The average molecular weight is 1170 g/mol. The number of nitrogens with one attached hydrogen (secondary N) is 3. The lowest BCUT2D eigenvalue weighted by molar-refractivity contribution is -0.169. The number of rotatable bonds is 20. The largest absolute Gasteiger partial charge is 0.497 e. The molecule has 83 heavy (non-hydrogen) atoms. The molecule has 1 saturated heterocycles. The molecule has 0 saturated carbocycles. The maximum absolute atomic E-state index is 15.1. The number of nitrogens with zero attached hydrogens (tertiary/aromatic N) is 7. The molecule has 1 aromatic rings. The number of likely N-dealkylation sites (N-methyl/N-ethyl adjacent to an activating group) is 7. The molecule has 1 aliphatic rings. The second kappa shape index (κ2) is 33.2. The smallest absolute Gasteiger partial charge is 0.324 e. The number of methoxy groups -OCH3 is 1. The van der Waals surface area contributed by atoms with E-state index in [0.717, 1.165) is 5.56 Å². The van der Waals surface area contributed by atoms with Crippen molar-refractivity contribution >= 4 is 59.1 Å². The van der Waals surface area contributed by atoms with Crippen LogP contribution in [0.3, 0.4) is 0 Å². The highest BCUT2D eigenvalue weighted by Gasteiger charge is 2.43. The van der Waals surface area contributed by atoms with E-state index in [4.69, 9.17) is 9.47 Å². The van der Waals surface area contributed by atoms with Crippen molar-refractivity contribution in [1.82, 2.24) is 50.2 Å². The molecule has 0 unspecified atom stereocenters. The van der Waals surface area contributed by atoms with Gasteiger partial charge < -0.3 is 54.8 Å². The van der Waals surface area contributed by atoms with Crippen LogP contribution in [-0.4, -0.2) is 224 Å². The van der Waals surface area contributed by atoms with Gasteiger partial charge in [0.05, 0.1) is 7.11 Å². The molecule has 0 bridgehead atoms. The minimum absolute atomic E-state index is 0.0532. The SMILES string of the molecule is CC[C@H](C)[C@H]1C(=O)N[C@@H](C)C(=O)N(C)[C@@H](CC(C)C)C(=O)N[C@@H](Cc2ccc(OC)cc2)C(=O)NCCCC[C@H](N(C)C(=O)[C@H](CC(C)C)N(C)C(=O)[C@H](C)N(C)C(=O)[C@H](OC(=O)[C@H](C(C)C)N(C)C)C(C)C)C(=O)N(C)[C@@H](C)C(=O)N1C. The Morgan fingerprint density at radius 3 is 1.77 bits per heavy atom. The zero-order valence-corrected chi connectivity index (χ0v) is 54.2. The number of hydrogen-bond donors (Lipinski definition) is 3. The lowest BCUT2D eigenvalue weighted by Crippen LogP contribution is -2.61. The number of esters is 1. The van der Waals surface area contributed by atoms with Crippen molar-refractivity contribution in [2.24, 2.45) is 29.6 Å². The summed E-state index contributed by atoms with van der Waals surface area (Å²) in [4.78, 5) is 154. The van der Waals surface area contributed by atoms with Crippen LogP contribution in [-0.2, 0) is 59.1 Å². The Morgan fingerprint density at radius 2 is 1.27 bits per heavy atom. The van der Waals surface area contributed by atoms with E-state index in [1.54, 1.807) is 64.0 Å². The van der Waals surface area contributed by atoms with Crippen LogP contribution in [0.15, 0.2) is 24.3 Å². The lowest BCUT2D eigenvalue weighted by Gasteiger charge is -2.40. The fourth-order valence-corrected chi connectivity index (χ4v) is 10.5. The van der Waals surface area contributed by atoms with E-state index in [9.17, 15) is 38.4 Å². The Balaban J connectivity index is 2.74. The van der Waals surface area contributed by atoms with Gasteiger partial charge in [-0.15, -0.1) is 0 Å². The van der Waals surface area contributed by atoms with Crippen LogP contribution in [0.4, 0.5) is 0 Å². The van der Waals surface area contributed by atoms with Gasteiger partial charge in [-0.3, -0.25) is 52.8 Å². The number of ether oxygens (including phenoxy) is 2. The molecule has 22 heteroatoms. The van der Waals surface area contributed by atoms with Gasteiger partial charge >= 0.3 is 5.97 Å². The third-order valence-electron chi connectivity index (χ3n) is 16.2. The number of hydrogen-bond acceptors (Lipinski definition) is 13. The molecule has 1 aliphatic heterocycles. The molecule has 0 radical (unpaired) electrons. The molecule has 3 N–H and O–H groups in total. The van der Waals surface area contributed by atoms with Gasteiger partial charge in [0.15, 0.2) is 6.10 Å². The third-order valence-corrected chi connectivity index (χ3v) is 16.2. The van der Waals surface area contributed by atoms with Crippen molar-refractivity contribution in [3.63, 3.8) is 0 Å². The molecule has 1 heterocycles. The van der Waals surface area contributed by atoms with Crippen LogP contribution in [0.1, 0.15) is 134 Å². The van der Waals surface area contributed by atoms with E-state index in [0.29, 0.717) is 18.6 Å². The van der Waals surface area contributed by atoms with E-state index in [-0.39, 0.29) is 56.4 Å². The van der Waals surface area contributed by atoms with Crippen molar-refractivity contribution in [3.05, 3.63) is 29.8 Å². The molecule has 0 aliphatic carbocycles. The quantitative estimate of drug-likeness (QED) is 0.157. The van der Waals surface area contributed by atoms with Crippen molar-refractivity contribution in [1.29, 1.82) is 0 Å². The van der Waals surface area contributed by atoms with E-state index in [1.165, 1.54) is 99.6 Å². The number of benzene rings is 1. The number of carbonyl (C=O) groups is 10. The van der Waals surface area contributed by atoms with Crippen LogP contribution >= 0.6 is 0 Å². The second-order valence-electron chi connectivity index (χ2n) is 24.6. The standard InChI is InChI=1S/C61H104N10O12/c1-23-39(10)50-54(74)63-40(11)55(75)69(19)47(32-35(2)3)53(73)64-45(34-43-27-29-44(82-22)30-28-43)52(72)62-31-25-24-26-46(58(78)66(16)42(13)57(77)71(50)21)68(18)59(79)48(33-36(4)5)70(20)56(76)41(12)67(17)60(80)51(38(8)9)83-61(81)49(37(6)7)65(14)15/h27-30,35-42,45-51H,23-26,31-34H2,1-22H3,(H,62,72)(H,63,74)(H,64,73)/t39-,40-,41-,42-,45-,46-,47-,48-,49-,50-,51+/m0/s1. The lowest BCUT2D eigenvalue weighted by atomic mass is 9.95. The van der Waals surface area contributed by atoms with Gasteiger partial charge in [0.2, 0.25) is 47.3 Å². The normalized spacial score (nSPS) is 22.5. The molecule has 22 nitrogen and oxygen atoms in total. The van der Waals surface area contributed by atoms with Crippen molar-refractivity contribution in [3.8, 4) is 5.75 Å². The first-order chi connectivity index (χ1) is 38.6. The topological polar surface area (TPSA) is 248 Å². The summed E-state index contributed by atoms with van der Waals surface area (Å²) in [5.41, 5.74) is 0.719. The first-order valence-corrected chi connectivity index (χ1v) is 29.6. The Morgan fingerprint density at radius 1 is 0.675 bits per heavy atom. The minimum Gasteiger partial charge on any atom is -0.497 e. The van der Waals surface area contributed by atoms with Crippen molar-refractivity contribution in [2.75, 3.05) is 70.0 Å². The molecule has 1 fully saturated rings. The minimum atomic E-state index is -1.21. The molecule has 11 atom stereocenters. The maximum atomic E-state index is 15.1. The van der Waals surface area contributed by atoms with Crippen LogP contribution in [0.2, 0.25) is 0 Å². The second-order valence-corrected chi connectivity index (χ2v) is 24.6. The summed E-state index contributed by atoms with van der Waals surface area (Å²) in [6.45, 7) is 23.2. The summed E-state index contributed by atoms with van der Waals surface area (Å²) in [5.74, 6) is -6.40. The van der Waals surface area contributed by atoms with E-state index in [2.05, 4.69) is 16.0 Å². The molecular formula is C61H104N10O12. The van der Waals surface area contributed by atoms with Gasteiger partial charge in [-0.1, -0.05) is 87.8 Å². The molecular weight excluding hydrogens is 1060 g/mol. The van der Waals surface area contributed by atoms with Gasteiger partial charge in [0.25, 0.3) is 5.91 Å². The first-order valence-electron chi connectivity index (χ1n) is 29.6. The molecule has 0 spiro atoms. The van der Waals surface area contributed by atoms with E-state index in [1.807, 2.05) is 48.5 Å². The molecule has 2 rings (SSSR count). The van der Waals surface area contributed by atoms with Gasteiger partial charge in [0, 0.05) is 55.3 Å². The summed E-state index contributed by atoms with van der Waals surface area (Å²) in [5, 5.41) is 8.65. The first kappa shape index (κ1) is 72.8. The summed E-state index contributed by atoms with van der Waals surface area (Å²) in [6.07, 6.45) is 0.373. The maximum Gasteiger partial charge on any atom is 0.324 e. The predicted molar refractivity (Wildman–Crippen MR) is 319 cm³/mol. The highest BCUT2D eigenvalue weighted by atomic mass is 16.6. The monoisotopic (exact) mass is 1170 g/mol. The van der Waals surface area contributed by atoms with Crippen LogP contribution in [0.5, 0.6) is 5.75 Å². The van der Waals surface area contributed by atoms with E-state index >= 15 is 9.59 Å². The molecule has 9 amide bonds. The summed E-state index contributed by atoms with van der Waals surface area (Å²) >= 11 is 0. The molecule has 1 aromatic carbocycles. The highest BCUT2D eigenvalue weighted by Crippen LogP contribution is 2.24. The van der Waals surface area contributed by atoms with Crippen molar-refractivity contribution < 1.29 is 57.4 Å². The Bertz CT molecular complexity index is 2360. The predicted octanol–water partition coefficient (Wildman–Crippen LogP) is 3.82. The van der Waals surface area contributed by atoms with Crippen LogP contribution in [0.25, 0.3) is 0 Å². The van der Waals surface area contributed by atoms with Gasteiger partial charge in [-0.05, 0) is 114 Å². The fraction of sp³-hybridized carbons (Fsp3) is 0.738. The zero-order chi connectivity index (χ0) is 63.7. The summed E-state index contributed by atoms with van der Waals surface area (Å²) in [6, 6.07) is -2.60. The van der Waals surface area contributed by atoms with Gasteiger partial charge in [-0.2, -0.15) is 0 Å². The number of amides is 9. The zero-order valence-electron chi connectivity index (χ0n) is 54.2. The highest BCUT2D eigenvalue weighted by molar-refractivity contribution is 5.98. The summed E-state index contributed by atoms with van der Waals surface area (Å²) < 4.78 is 11.2.